The van der Waals surface area contributed by atoms with Crippen LogP contribution < -0.4 is 15.7 Å². The smallest absolute Gasteiger partial charge is 0.312 e. The van der Waals surface area contributed by atoms with Crippen molar-refractivity contribution >= 4 is 27.8 Å². The summed E-state index contributed by atoms with van der Waals surface area (Å²) in [6, 6.07) is 19.5. The van der Waals surface area contributed by atoms with E-state index in [1.165, 1.54) is 12.1 Å². The van der Waals surface area contributed by atoms with Crippen molar-refractivity contribution in [2.75, 3.05) is 0 Å². The fraction of sp³-hybridized carbons (Fsp3) is 0.138. The molecule has 1 atom stereocenters. The van der Waals surface area contributed by atoms with Gasteiger partial charge in [-0.15, -0.1) is 0 Å². The van der Waals surface area contributed by atoms with Gasteiger partial charge in [-0.05, 0) is 23.4 Å². The quantitative estimate of drug-likeness (QED) is 0.297. The number of esters is 1. The Labute approximate surface area is 203 Å². The van der Waals surface area contributed by atoms with Crippen molar-refractivity contribution in [1.82, 2.24) is 4.57 Å². The second-order valence-corrected chi connectivity index (χ2v) is 9.24. The number of nitrogens with zero attached hydrogens (tertiary/aromatic N) is 1. The molecule has 176 valence electrons. The van der Waals surface area contributed by atoms with Crippen LogP contribution in [0.15, 0.2) is 80.7 Å². The summed E-state index contributed by atoms with van der Waals surface area (Å²) < 4.78 is 13.5. The van der Waals surface area contributed by atoms with Crippen LogP contribution in [0.5, 0.6) is 11.5 Å². The number of hydrogen-bond donors (Lipinski definition) is 1. The highest BCUT2D eigenvalue weighted by atomic mass is 16.5. The molecule has 0 unspecified atom stereocenters. The van der Waals surface area contributed by atoms with E-state index in [-0.39, 0.29) is 34.4 Å². The number of ether oxygens (including phenoxy) is 1. The number of aromatic hydroxyl groups is 1. The summed E-state index contributed by atoms with van der Waals surface area (Å²) in [5, 5.41) is 11.6. The molecule has 2 aromatic heterocycles. The monoisotopic (exact) mass is 477 g/mol. The van der Waals surface area contributed by atoms with Crippen LogP contribution in [-0.2, 0) is 17.8 Å². The minimum absolute atomic E-state index is 0.0101. The minimum Gasteiger partial charge on any atom is -0.507 e. The molecule has 0 bridgehead atoms. The summed E-state index contributed by atoms with van der Waals surface area (Å²) in [5.41, 5.74) is 3.07. The molecule has 7 nitrogen and oxygen atoms in total. The van der Waals surface area contributed by atoms with E-state index in [1.807, 2.05) is 54.6 Å². The molecule has 7 heteroatoms. The lowest BCUT2D eigenvalue weighted by atomic mass is 9.85. The highest BCUT2D eigenvalue weighted by molar-refractivity contribution is 5.93. The topological polar surface area (TPSA) is 98.7 Å². The van der Waals surface area contributed by atoms with Gasteiger partial charge >= 0.3 is 5.97 Å². The highest BCUT2D eigenvalue weighted by Gasteiger charge is 2.36. The Balaban J connectivity index is 1.55. The van der Waals surface area contributed by atoms with Gasteiger partial charge in [-0.25, -0.2) is 0 Å². The van der Waals surface area contributed by atoms with Crippen LogP contribution in [0, 0.1) is 0 Å². The maximum absolute atomic E-state index is 13.7. The molecule has 4 heterocycles. The molecule has 7 rings (SSSR count). The van der Waals surface area contributed by atoms with Crippen LogP contribution in [0.3, 0.4) is 0 Å². The lowest BCUT2D eigenvalue weighted by Gasteiger charge is -2.26. The van der Waals surface area contributed by atoms with Crippen LogP contribution in [0.4, 0.5) is 0 Å². The number of aryl methyl sites for hydroxylation is 2. The number of rotatable bonds is 2. The number of benzene rings is 3. The van der Waals surface area contributed by atoms with Gasteiger partial charge in [0.1, 0.15) is 28.2 Å². The molecule has 5 aromatic rings. The molecule has 0 aliphatic carbocycles. The molecule has 0 saturated carbocycles. The van der Waals surface area contributed by atoms with Crippen LogP contribution in [-0.4, -0.2) is 15.6 Å². The second kappa shape index (κ2) is 7.42. The predicted octanol–water partition coefficient (Wildman–Crippen LogP) is 4.48. The molecule has 0 spiro atoms. The van der Waals surface area contributed by atoms with E-state index in [9.17, 15) is 19.5 Å². The third kappa shape index (κ3) is 2.89. The summed E-state index contributed by atoms with van der Waals surface area (Å²) in [6.07, 6.45) is 0.679. The van der Waals surface area contributed by atoms with Crippen LogP contribution in [0.2, 0.25) is 0 Å². The first-order valence-corrected chi connectivity index (χ1v) is 11.7. The molecular weight excluding hydrogens is 458 g/mol. The Morgan fingerprint density at radius 2 is 1.78 bits per heavy atom. The van der Waals surface area contributed by atoms with Gasteiger partial charge in [-0.2, -0.15) is 0 Å². The number of para-hydroxylation sites is 1. The fourth-order valence-electron chi connectivity index (χ4n) is 5.61. The SMILES string of the molecule is O=C1C[C@H](c2cc3cccc4c3n(c2=O)CC4)c2c(cc(O)c3c(=O)cc(-c4ccccc4)oc23)O1. The average Bonchev–Trinajstić information content (AvgIpc) is 3.31. The normalized spacial score (nSPS) is 16.3. The number of carbonyl (C=O) groups is 1. The van der Waals surface area contributed by atoms with Crippen LogP contribution >= 0.6 is 0 Å². The third-order valence-electron chi connectivity index (χ3n) is 7.19. The van der Waals surface area contributed by atoms with Gasteiger partial charge in [0.05, 0.1) is 11.9 Å². The number of phenolic OH excluding ortho intramolecular Hbond substituents is 1. The predicted molar refractivity (Wildman–Crippen MR) is 134 cm³/mol. The van der Waals surface area contributed by atoms with E-state index in [0.717, 1.165) is 22.9 Å². The van der Waals surface area contributed by atoms with Crippen molar-refractivity contribution in [2.45, 2.75) is 25.3 Å². The Bertz CT molecular complexity index is 1870. The Morgan fingerprint density at radius 3 is 2.61 bits per heavy atom. The van der Waals surface area contributed by atoms with Crippen molar-refractivity contribution in [3.05, 3.63) is 104 Å². The van der Waals surface area contributed by atoms with E-state index >= 15 is 0 Å². The van der Waals surface area contributed by atoms with Crippen molar-refractivity contribution in [2.24, 2.45) is 0 Å². The van der Waals surface area contributed by atoms with E-state index in [4.69, 9.17) is 9.15 Å². The van der Waals surface area contributed by atoms with Crippen molar-refractivity contribution in [1.29, 1.82) is 0 Å². The van der Waals surface area contributed by atoms with Crippen molar-refractivity contribution in [3.63, 3.8) is 0 Å². The zero-order valence-electron chi connectivity index (χ0n) is 19.0. The molecule has 0 fully saturated rings. The summed E-state index contributed by atoms with van der Waals surface area (Å²) >= 11 is 0. The summed E-state index contributed by atoms with van der Waals surface area (Å²) in [6.45, 7) is 0.566. The van der Waals surface area contributed by atoms with Gasteiger partial charge in [0.2, 0.25) is 0 Å². The van der Waals surface area contributed by atoms with Crippen LogP contribution in [0.25, 0.3) is 33.2 Å². The van der Waals surface area contributed by atoms with Gasteiger partial charge < -0.3 is 18.8 Å². The largest absolute Gasteiger partial charge is 0.507 e. The van der Waals surface area contributed by atoms with Gasteiger partial charge in [0.25, 0.3) is 5.56 Å². The van der Waals surface area contributed by atoms with E-state index < -0.39 is 17.3 Å². The van der Waals surface area contributed by atoms with Gasteiger partial charge in [-0.1, -0.05) is 48.5 Å². The number of aromatic nitrogens is 1. The third-order valence-corrected chi connectivity index (χ3v) is 7.19. The molecule has 0 radical (unpaired) electrons. The fourth-order valence-corrected chi connectivity index (χ4v) is 5.61. The van der Waals surface area contributed by atoms with Gasteiger partial charge in [0.15, 0.2) is 5.43 Å². The second-order valence-electron chi connectivity index (χ2n) is 9.24. The zero-order chi connectivity index (χ0) is 24.6. The number of fused-ring (bicyclic) bond motifs is 3. The van der Waals surface area contributed by atoms with E-state index in [1.54, 1.807) is 4.57 Å². The van der Waals surface area contributed by atoms with E-state index in [2.05, 4.69) is 0 Å². The highest BCUT2D eigenvalue weighted by Crippen LogP contribution is 2.45. The number of pyridine rings is 1. The first kappa shape index (κ1) is 20.7. The molecule has 2 aliphatic rings. The van der Waals surface area contributed by atoms with Crippen molar-refractivity contribution < 1.29 is 19.1 Å². The zero-order valence-corrected chi connectivity index (χ0v) is 19.0. The van der Waals surface area contributed by atoms with Crippen molar-refractivity contribution in [3.8, 4) is 22.8 Å². The average molecular weight is 477 g/mol. The molecule has 36 heavy (non-hydrogen) atoms. The maximum atomic E-state index is 13.7. The first-order chi connectivity index (χ1) is 17.5. The summed E-state index contributed by atoms with van der Waals surface area (Å²) in [5.74, 6) is -1.17. The number of carbonyl (C=O) groups excluding carboxylic acids is 1. The molecule has 1 N–H and O–H groups in total. The molecular formula is C29H19NO6. The number of phenols is 1. The summed E-state index contributed by atoms with van der Waals surface area (Å²) in [7, 11) is 0. The number of hydrogen-bond acceptors (Lipinski definition) is 6. The lowest BCUT2D eigenvalue weighted by Crippen LogP contribution is -2.29. The molecule has 0 amide bonds. The van der Waals surface area contributed by atoms with Gasteiger partial charge in [0, 0.05) is 41.3 Å². The van der Waals surface area contributed by atoms with Gasteiger partial charge in [-0.3, -0.25) is 14.4 Å². The minimum atomic E-state index is -0.705. The summed E-state index contributed by atoms with van der Waals surface area (Å²) in [4.78, 5) is 39.5. The van der Waals surface area contributed by atoms with E-state index in [0.29, 0.717) is 29.0 Å². The molecule has 0 saturated heterocycles. The van der Waals surface area contributed by atoms with Crippen LogP contribution in [0.1, 0.15) is 29.0 Å². The Morgan fingerprint density at radius 1 is 0.944 bits per heavy atom. The first-order valence-electron chi connectivity index (χ1n) is 11.7. The lowest BCUT2D eigenvalue weighted by molar-refractivity contribution is -0.135. The molecule has 2 aliphatic heterocycles. The maximum Gasteiger partial charge on any atom is 0.312 e. The molecule has 3 aromatic carbocycles. The Kier molecular flexibility index (Phi) is 4.27. The standard InChI is InChI=1S/C29H19NO6/c31-20-13-22(15-5-2-1-3-6-15)36-28-25-18(12-24(33)35-23(25)14-21(32)26(20)28)19-11-17-8-4-7-16-9-10-30(27(16)17)29(19)34/h1-8,11,13-14,18,32H,9-10,12H2/t18-/m1/s1. The Hall–Kier alpha value is -4.65.